The van der Waals surface area contributed by atoms with Gasteiger partial charge in [-0.05, 0) is 44.0 Å². The first-order valence-electron chi connectivity index (χ1n) is 9.38. The van der Waals surface area contributed by atoms with Gasteiger partial charge in [-0.1, -0.05) is 42.0 Å². The maximum Gasteiger partial charge on any atom is 0.254 e. The summed E-state index contributed by atoms with van der Waals surface area (Å²) in [7, 11) is 0. The molecular weight excluding hydrogens is 367 g/mol. The first-order chi connectivity index (χ1) is 13.9. The summed E-state index contributed by atoms with van der Waals surface area (Å²) in [5.74, 6) is -0.546. The van der Waals surface area contributed by atoms with Gasteiger partial charge in [-0.15, -0.1) is 0 Å². The summed E-state index contributed by atoms with van der Waals surface area (Å²) < 4.78 is 14.7. The Morgan fingerprint density at radius 2 is 1.86 bits per heavy atom. The number of halogens is 1. The van der Waals surface area contributed by atoms with Crippen molar-refractivity contribution < 1.29 is 9.18 Å². The summed E-state index contributed by atoms with van der Waals surface area (Å²) in [5.41, 5.74) is 6.76. The molecule has 0 radical (unpaired) electrons. The van der Waals surface area contributed by atoms with Gasteiger partial charge in [0.2, 0.25) is 0 Å². The van der Waals surface area contributed by atoms with Crippen molar-refractivity contribution in [2.75, 3.05) is 0 Å². The average Bonchev–Trinajstić information content (AvgIpc) is 3.04. The van der Waals surface area contributed by atoms with Gasteiger partial charge in [0, 0.05) is 18.3 Å². The van der Waals surface area contributed by atoms with E-state index >= 15 is 0 Å². The number of hydrogen-bond acceptors (Lipinski definition) is 3. The minimum Gasteiger partial charge on any atom is -0.348 e. The molecule has 4 aromatic rings. The molecule has 0 spiro atoms. The zero-order valence-electron chi connectivity index (χ0n) is 16.5. The number of benzene rings is 2. The van der Waals surface area contributed by atoms with Crippen LogP contribution in [0.25, 0.3) is 16.8 Å². The molecule has 29 heavy (non-hydrogen) atoms. The third-order valence-electron chi connectivity index (χ3n) is 4.98. The Balaban J connectivity index is 1.66. The molecule has 2 aromatic heterocycles. The molecule has 6 heteroatoms. The molecule has 0 saturated carbocycles. The van der Waals surface area contributed by atoms with Crippen LogP contribution in [-0.2, 0) is 6.54 Å². The Kier molecular flexibility index (Phi) is 4.84. The molecule has 1 amide bonds. The number of nitrogens with zero attached hydrogens (tertiary/aromatic N) is 3. The van der Waals surface area contributed by atoms with Crippen molar-refractivity contribution in [2.45, 2.75) is 27.3 Å². The van der Waals surface area contributed by atoms with Gasteiger partial charge in [-0.3, -0.25) is 4.79 Å². The second kappa shape index (κ2) is 7.47. The molecule has 0 aliphatic carbocycles. The molecule has 0 bridgehead atoms. The summed E-state index contributed by atoms with van der Waals surface area (Å²) in [6.45, 7) is 6.16. The third kappa shape index (κ3) is 3.61. The minimum absolute atomic E-state index is 0.244. The zero-order chi connectivity index (χ0) is 20.5. The first kappa shape index (κ1) is 18.8. The normalized spacial score (nSPS) is 11.0. The Hall–Kier alpha value is -3.54. The van der Waals surface area contributed by atoms with Gasteiger partial charge in [0.25, 0.3) is 5.91 Å². The van der Waals surface area contributed by atoms with E-state index in [9.17, 15) is 9.18 Å². The van der Waals surface area contributed by atoms with E-state index in [0.29, 0.717) is 17.8 Å². The second-order valence-corrected chi connectivity index (χ2v) is 7.13. The number of fused-ring (bicyclic) bond motifs is 1. The van der Waals surface area contributed by atoms with E-state index < -0.39 is 0 Å². The van der Waals surface area contributed by atoms with Crippen LogP contribution < -0.4 is 5.32 Å². The molecule has 0 atom stereocenters. The van der Waals surface area contributed by atoms with Crippen LogP contribution in [0.4, 0.5) is 4.39 Å². The summed E-state index contributed by atoms with van der Waals surface area (Å²) in [6.07, 6.45) is 1.59. The van der Waals surface area contributed by atoms with Crippen molar-refractivity contribution in [1.82, 2.24) is 19.9 Å². The van der Waals surface area contributed by atoms with E-state index in [2.05, 4.69) is 21.5 Å². The summed E-state index contributed by atoms with van der Waals surface area (Å²) in [6, 6.07) is 14.2. The van der Waals surface area contributed by atoms with Crippen molar-refractivity contribution in [3.63, 3.8) is 0 Å². The lowest BCUT2D eigenvalue weighted by atomic mass is 10.0. The fourth-order valence-corrected chi connectivity index (χ4v) is 3.44. The summed E-state index contributed by atoms with van der Waals surface area (Å²) in [4.78, 5) is 17.2. The fourth-order valence-electron chi connectivity index (χ4n) is 3.44. The lowest BCUT2D eigenvalue weighted by Crippen LogP contribution is -2.24. The van der Waals surface area contributed by atoms with Gasteiger partial charge in [0.05, 0.1) is 17.0 Å². The van der Waals surface area contributed by atoms with E-state index in [4.69, 9.17) is 0 Å². The molecule has 0 fully saturated rings. The maximum atomic E-state index is 13.0. The molecule has 146 valence electrons. The smallest absolute Gasteiger partial charge is 0.254 e. The molecule has 0 unspecified atom stereocenters. The SMILES string of the molecule is Cc1cccc(-c2c(C)nn3c(C)c(C(=O)NCc4ccc(F)cc4)cnc23)c1. The molecule has 0 saturated heterocycles. The number of nitrogens with one attached hydrogen (secondary N) is 1. The number of aromatic nitrogens is 3. The zero-order valence-corrected chi connectivity index (χ0v) is 16.5. The highest BCUT2D eigenvalue weighted by Crippen LogP contribution is 2.28. The topological polar surface area (TPSA) is 59.3 Å². The van der Waals surface area contributed by atoms with Gasteiger partial charge in [-0.25, -0.2) is 13.9 Å². The van der Waals surface area contributed by atoms with Crippen LogP contribution in [0.1, 0.15) is 32.9 Å². The maximum absolute atomic E-state index is 13.0. The fraction of sp³-hybridized carbons (Fsp3) is 0.174. The second-order valence-electron chi connectivity index (χ2n) is 7.13. The van der Waals surface area contributed by atoms with E-state index in [1.54, 1.807) is 22.8 Å². The first-order valence-corrected chi connectivity index (χ1v) is 9.38. The van der Waals surface area contributed by atoms with E-state index in [1.807, 2.05) is 39.0 Å². The number of amides is 1. The number of carbonyl (C=O) groups excluding carboxylic acids is 1. The average molecular weight is 388 g/mol. The van der Waals surface area contributed by atoms with Crippen LogP contribution in [-0.4, -0.2) is 20.5 Å². The molecule has 0 aliphatic heterocycles. The highest BCUT2D eigenvalue weighted by Gasteiger charge is 2.18. The lowest BCUT2D eigenvalue weighted by Gasteiger charge is -2.09. The van der Waals surface area contributed by atoms with Gasteiger partial charge >= 0.3 is 0 Å². The number of carbonyl (C=O) groups is 1. The van der Waals surface area contributed by atoms with Crippen LogP contribution in [0, 0.1) is 26.6 Å². The van der Waals surface area contributed by atoms with Crippen LogP contribution in [0.5, 0.6) is 0 Å². The standard InChI is InChI=1S/C23H21FN4O/c1-14-5-4-6-18(11-14)21-15(2)27-28-16(3)20(13-25-22(21)28)23(29)26-12-17-7-9-19(24)10-8-17/h4-11,13H,12H2,1-3H3,(H,26,29). The highest BCUT2D eigenvalue weighted by molar-refractivity contribution is 5.95. The summed E-state index contributed by atoms with van der Waals surface area (Å²) in [5, 5.41) is 7.48. The van der Waals surface area contributed by atoms with E-state index in [-0.39, 0.29) is 11.7 Å². The molecule has 5 nitrogen and oxygen atoms in total. The molecule has 2 heterocycles. The molecular formula is C23H21FN4O. The van der Waals surface area contributed by atoms with Gasteiger partial charge in [0.1, 0.15) is 5.82 Å². The molecule has 4 rings (SSSR count). The van der Waals surface area contributed by atoms with Crippen molar-refractivity contribution in [2.24, 2.45) is 0 Å². The number of hydrogen-bond donors (Lipinski definition) is 1. The Labute approximate surface area is 168 Å². The lowest BCUT2D eigenvalue weighted by molar-refractivity contribution is 0.0949. The van der Waals surface area contributed by atoms with Gasteiger partial charge in [0.15, 0.2) is 5.65 Å². The molecule has 0 aliphatic rings. The number of rotatable bonds is 4. The van der Waals surface area contributed by atoms with Crippen molar-refractivity contribution in [3.05, 3.63) is 88.6 Å². The Morgan fingerprint density at radius 3 is 2.59 bits per heavy atom. The van der Waals surface area contributed by atoms with Crippen molar-refractivity contribution >= 4 is 11.6 Å². The van der Waals surface area contributed by atoms with Crippen LogP contribution in [0.2, 0.25) is 0 Å². The Bertz CT molecular complexity index is 1210. The monoisotopic (exact) mass is 388 g/mol. The van der Waals surface area contributed by atoms with Crippen LogP contribution >= 0.6 is 0 Å². The van der Waals surface area contributed by atoms with Crippen molar-refractivity contribution in [3.8, 4) is 11.1 Å². The van der Waals surface area contributed by atoms with Gasteiger partial charge < -0.3 is 5.32 Å². The number of aryl methyl sites for hydroxylation is 3. The van der Waals surface area contributed by atoms with Crippen LogP contribution in [0.3, 0.4) is 0 Å². The predicted octanol–water partition coefficient (Wildman–Crippen LogP) is 4.39. The Morgan fingerprint density at radius 1 is 1.10 bits per heavy atom. The predicted molar refractivity (Wildman–Crippen MR) is 110 cm³/mol. The van der Waals surface area contributed by atoms with E-state index in [1.165, 1.54) is 12.1 Å². The van der Waals surface area contributed by atoms with E-state index in [0.717, 1.165) is 33.6 Å². The van der Waals surface area contributed by atoms with Gasteiger partial charge in [-0.2, -0.15) is 5.10 Å². The third-order valence-corrected chi connectivity index (χ3v) is 4.98. The summed E-state index contributed by atoms with van der Waals surface area (Å²) >= 11 is 0. The highest BCUT2D eigenvalue weighted by atomic mass is 19.1. The van der Waals surface area contributed by atoms with Crippen molar-refractivity contribution in [1.29, 1.82) is 0 Å². The van der Waals surface area contributed by atoms with Crippen LogP contribution in [0.15, 0.2) is 54.7 Å². The largest absolute Gasteiger partial charge is 0.348 e. The molecule has 2 aromatic carbocycles. The minimum atomic E-state index is -0.302. The molecule has 1 N–H and O–H groups in total. The quantitative estimate of drug-likeness (QED) is 0.564.